The van der Waals surface area contributed by atoms with Crippen molar-refractivity contribution in [3.05, 3.63) is 56.9 Å². The number of carbonyl (C=O) groups is 2. The van der Waals surface area contributed by atoms with Gasteiger partial charge in [0.05, 0.1) is 10.5 Å². The van der Waals surface area contributed by atoms with Crippen molar-refractivity contribution in [3.8, 4) is 11.3 Å². The molecule has 0 unspecified atom stereocenters. The first-order valence-corrected chi connectivity index (χ1v) is 6.70. The van der Waals surface area contributed by atoms with Crippen molar-refractivity contribution in [2.24, 2.45) is 0 Å². The first-order chi connectivity index (χ1) is 10.9. The zero-order valence-corrected chi connectivity index (χ0v) is 12.1. The number of carbonyl (C=O) groups excluding carboxylic acids is 2. The van der Waals surface area contributed by atoms with E-state index >= 15 is 0 Å². The van der Waals surface area contributed by atoms with Crippen molar-refractivity contribution >= 4 is 35.3 Å². The van der Waals surface area contributed by atoms with E-state index < -0.39 is 16.9 Å². The number of hydrogen-bond acceptors (Lipinski definition) is 5. The van der Waals surface area contributed by atoms with E-state index in [1.807, 2.05) is 0 Å². The van der Waals surface area contributed by atoms with Crippen LogP contribution in [0.4, 0.5) is 10.5 Å². The van der Waals surface area contributed by atoms with Gasteiger partial charge >= 0.3 is 6.03 Å². The van der Waals surface area contributed by atoms with Gasteiger partial charge in [-0.15, -0.1) is 0 Å². The van der Waals surface area contributed by atoms with Gasteiger partial charge in [0, 0.05) is 17.2 Å². The van der Waals surface area contributed by atoms with Crippen molar-refractivity contribution in [2.45, 2.75) is 0 Å². The van der Waals surface area contributed by atoms with Gasteiger partial charge in [0.1, 0.15) is 17.2 Å². The Morgan fingerprint density at radius 3 is 2.61 bits per heavy atom. The molecule has 2 aromatic rings. The van der Waals surface area contributed by atoms with Crippen LogP contribution in [0.1, 0.15) is 5.76 Å². The number of halogens is 1. The monoisotopic (exact) mass is 333 g/mol. The zero-order chi connectivity index (χ0) is 16.6. The molecule has 0 radical (unpaired) electrons. The molecule has 0 saturated carbocycles. The van der Waals surface area contributed by atoms with Gasteiger partial charge in [-0.2, -0.15) is 0 Å². The molecule has 1 fully saturated rings. The predicted octanol–water partition coefficient (Wildman–Crippen LogP) is 2.69. The highest BCUT2D eigenvalue weighted by atomic mass is 35.5. The predicted molar refractivity (Wildman–Crippen MR) is 80.5 cm³/mol. The van der Waals surface area contributed by atoms with Crippen molar-refractivity contribution in [3.63, 3.8) is 0 Å². The number of amides is 3. The summed E-state index contributed by atoms with van der Waals surface area (Å²) in [7, 11) is 0. The van der Waals surface area contributed by atoms with Gasteiger partial charge < -0.3 is 9.73 Å². The summed E-state index contributed by atoms with van der Waals surface area (Å²) in [4.78, 5) is 33.0. The summed E-state index contributed by atoms with van der Waals surface area (Å²) >= 11 is 5.77. The molecule has 1 aliphatic heterocycles. The number of hydrogen-bond donors (Lipinski definition) is 2. The van der Waals surface area contributed by atoms with Gasteiger partial charge in [-0.05, 0) is 24.3 Å². The van der Waals surface area contributed by atoms with E-state index in [0.29, 0.717) is 0 Å². The Hall–Kier alpha value is -3.13. The van der Waals surface area contributed by atoms with Gasteiger partial charge in [-0.1, -0.05) is 11.6 Å². The van der Waals surface area contributed by atoms with E-state index in [1.165, 1.54) is 36.4 Å². The molecule has 23 heavy (non-hydrogen) atoms. The molecule has 0 atom stereocenters. The Balaban J connectivity index is 1.97. The minimum Gasteiger partial charge on any atom is -0.456 e. The molecule has 2 N–H and O–H groups in total. The molecule has 9 heteroatoms. The van der Waals surface area contributed by atoms with E-state index in [4.69, 9.17) is 16.0 Å². The van der Waals surface area contributed by atoms with E-state index in [0.717, 1.165) is 0 Å². The van der Waals surface area contributed by atoms with Crippen LogP contribution in [-0.2, 0) is 4.79 Å². The molecule has 2 heterocycles. The fraction of sp³-hybridized carbons (Fsp3) is 0. The number of benzene rings is 1. The fourth-order valence-electron chi connectivity index (χ4n) is 2.06. The number of nitro benzene ring substituents is 1. The Kier molecular flexibility index (Phi) is 3.59. The van der Waals surface area contributed by atoms with E-state index in [2.05, 4.69) is 10.6 Å². The quantitative estimate of drug-likeness (QED) is 0.388. The molecule has 8 nitrogen and oxygen atoms in total. The van der Waals surface area contributed by atoms with Crippen LogP contribution >= 0.6 is 11.6 Å². The third-order valence-corrected chi connectivity index (χ3v) is 3.29. The van der Waals surface area contributed by atoms with Gasteiger partial charge in [-0.3, -0.25) is 20.2 Å². The molecule has 1 aliphatic rings. The van der Waals surface area contributed by atoms with Crippen molar-refractivity contribution in [1.82, 2.24) is 10.6 Å². The molecule has 116 valence electrons. The maximum atomic E-state index is 11.4. The Morgan fingerprint density at radius 1 is 1.17 bits per heavy atom. The number of imide groups is 1. The molecular formula is C14H8ClN3O5. The van der Waals surface area contributed by atoms with Crippen LogP contribution in [0.5, 0.6) is 0 Å². The van der Waals surface area contributed by atoms with E-state index in [9.17, 15) is 19.7 Å². The molecule has 1 aromatic heterocycles. The number of nitrogens with zero attached hydrogens (tertiary/aromatic N) is 1. The number of furan rings is 1. The van der Waals surface area contributed by atoms with Crippen LogP contribution in [0.2, 0.25) is 5.02 Å². The van der Waals surface area contributed by atoms with Crippen molar-refractivity contribution < 1.29 is 18.9 Å². The Labute approximate surface area is 133 Å². The summed E-state index contributed by atoms with van der Waals surface area (Å²) < 4.78 is 5.49. The highest BCUT2D eigenvalue weighted by Gasteiger charge is 2.24. The minimum atomic E-state index is -0.624. The summed E-state index contributed by atoms with van der Waals surface area (Å²) in [6.07, 6.45) is 1.32. The zero-order valence-electron chi connectivity index (χ0n) is 11.3. The maximum Gasteiger partial charge on any atom is 0.326 e. The van der Waals surface area contributed by atoms with E-state index in [1.54, 1.807) is 0 Å². The molecule has 0 aliphatic carbocycles. The molecular weight excluding hydrogens is 326 g/mol. The van der Waals surface area contributed by atoms with Gasteiger partial charge in [0.25, 0.3) is 11.6 Å². The standard InChI is InChI=1S/C14H8ClN3O5/c15-7-1-3-9(11(5-7)18(21)22)12-4-2-8(23-12)6-10-13(19)17-14(20)16-10/h1-6H,(H2,16,17,19,20)/b10-6+. The third kappa shape index (κ3) is 2.92. The first-order valence-electron chi connectivity index (χ1n) is 6.32. The van der Waals surface area contributed by atoms with Crippen LogP contribution in [0.3, 0.4) is 0 Å². The van der Waals surface area contributed by atoms with Crippen LogP contribution in [0, 0.1) is 10.1 Å². The first kappa shape index (κ1) is 14.8. The van der Waals surface area contributed by atoms with Crippen LogP contribution in [0.15, 0.2) is 40.4 Å². The second-order valence-corrected chi connectivity index (χ2v) is 5.02. The lowest BCUT2D eigenvalue weighted by Gasteiger charge is -2.00. The summed E-state index contributed by atoms with van der Waals surface area (Å²) in [5.41, 5.74) is 0.0865. The lowest BCUT2D eigenvalue weighted by atomic mass is 10.1. The summed E-state index contributed by atoms with van der Waals surface area (Å²) in [6, 6.07) is 6.63. The average molecular weight is 334 g/mol. The van der Waals surface area contributed by atoms with Crippen LogP contribution in [0.25, 0.3) is 17.4 Å². The third-order valence-electron chi connectivity index (χ3n) is 3.06. The molecule has 1 aromatic carbocycles. The normalized spacial score (nSPS) is 15.6. The second-order valence-electron chi connectivity index (χ2n) is 4.59. The smallest absolute Gasteiger partial charge is 0.326 e. The highest BCUT2D eigenvalue weighted by Crippen LogP contribution is 2.33. The van der Waals surface area contributed by atoms with Gasteiger partial charge in [0.2, 0.25) is 0 Å². The number of urea groups is 1. The molecule has 1 saturated heterocycles. The average Bonchev–Trinajstić information content (AvgIpc) is 3.06. The molecule has 3 amide bonds. The number of nitrogens with one attached hydrogen (secondary N) is 2. The topological polar surface area (TPSA) is 114 Å². The molecule has 0 bridgehead atoms. The lowest BCUT2D eigenvalue weighted by molar-refractivity contribution is -0.384. The Bertz CT molecular complexity index is 871. The van der Waals surface area contributed by atoms with E-state index in [-0.39, 0.29) is 33.5 Å². The molecule has 3 rings (SSSR count). The SMILES string of the molecule is O=C1NC(=O)/C(=C\c2ccc(-c3ccc(Cl)cc3[N+](=O)[O-])o2)N1. The highest BCUT2D eigenvalue weighted by molar-refractivity contribution is 6.30. The fourth-order valence-corrected chi connectivity index (χ4v) is 2.23. The summed E-state index contributed by atoms with van der Waals surface area (Å²) in [5.74, 6) is -0.0769. The summed E-state index contributed by atoms with van der Waals surface area (Å²) in [5, 5.41) is 15.7. The lowest BCUT2D eigenvalue weighted by Crippen LogP contribution is -2.22. The maximum absolute atomic E-state index is 11.4. The van der Waals surface area contributed by atoms with Gasteiger partial charge in [-0.25, -0.2) is 4.79 Å². The largest absolute Gasteiger partial charge is 0.456 e. The van der Waals surface area contributed by atoms with Crippen LogP contribution in [-0.4, -0.2) is 16.9 Å². The van der Waals surface area contributed by atoms with Gasteiger partial charge in [0.15, 0.2) is 0 Å². The van der Waals surface area contributed by atoms with Crippen LogP contribution < -0.4 is 10.6 Å². The van der Waals surface area contributed by atoms with Crippen molar-refractivity contribution in [2.75, 3.05) is 0 Å². The number of rotatable bonds is 3. The Morgan fingerprint density at radius 2 is 1.96 bits per heavy atom. The molecule has 0 spiro atoms. The minimum absolute atomic E-state index is 0.0292. The number of nitro groups is 1. The second kappa shape index (κ2) is 5.58. The van der Waals surface area contributed by atoms with Crippen molar-refractivity contribution in [1.29, 1.82) is 0 Å². The summed E-state index contributed by atoms with van der Waals surface area (Å²) in [6.45, 7) is 0.